The molecule has 0 aliphatic carbocycles. The molecule has 0 N–H and O–H groups in total. The Morgan fingerprint density at radius 3 is 2.82 bits per heavy atom. The number of ether oxygens (including phenoxy) is 1. The van der Waals surface area contributed by atoms with Crippen LogP contribution in [0.5, 0.6) is 5.75 Å². The van der Waals surface area contributed by atoms with Gasteiger partial charge in [-0.3, -0.25) is 4.79 Å². The smallest absolute Gasteiger partial charge is 0.241 e. The lowest BCUT2D eigenvalue weighted by molar-refractivity contribution is -0.133. The zero-order valence-corrected chi connectivity index (χ0v) is 14.0. The quantitative estimate of drug-likeness (QED) is 0.812. The first-order chi connectivity index (χ1) is 10.3. The van der Waals surface area contributed by atoms with Gasteiger partial charge in [0.1, 0.15) is 11.8 Å². The average molecular weight is 326 g/mol. The Kier molecular flexibility index (Phi) is 5.08. The topological polar surface area (TPSA) is 66.9 Å². The predicted octanol–water partition coefficient (Wildman–Crippen LogP) is 1.08. The van der Waals surface area contributed by atoms with Crippen LogP contribution < -0.4 is 4.74 Å². The first-order valence-corrected chi connectivity index (χ1v) is 9.02. The number of rotatable bonds is 5. The SMILES string of the molecule is COc1cccc(CN(C)C(=O)[C@@H]2CCCN2S(C)(=O)=O)c1. The summed E-state index contributed by atoms with van der Waals surface area (Å²) in [6.07, 6.45) is 2.45. The molecule has 0 unspecified atom stereocenters. The lowest BCUT2D eigenvalue weighted by Crippen LogP contribution is -2.45. The molecule has 122 valence electrons. The lowest BCUT2D eigenvalue weighted by atomic mass is 10.1. The summed E-state index contributed by atoms with van der Waals surface area (Å²) < 4.78 is 30.0. The molecule has 7 heteroatoms. The maximum Gasteiger partial charge on any atom is 0.241 e. The molecule has 0 spiro atoms. The number of nitrogens with zero attached hydrogens (tertiary/aromatic N) is 2. The first kappa shape index (κ1) is 16.8. The summed E-state index contributed by atoms with van der Waals surface area (Å²) in [6, 6.07) is 6.91. The molecule has 0 radical (unpaired) electrons. The minimum Gasteiger partial charge on any atom is -0.497 e. The second-order valence-electron chi connectivity index (χ2n) is 5.58. The Hall–Kier alpha value is -1.60. The number of carbonyl (C=O) groups is 1. The van der Waals surface area contributed by atoms with Crippen LogP contribution in [0.15, 0.2) is 24.3 Å². The van der Waals surface area contributed by atoms with Crippen molar-refractivity contribution in [2.45, 2.75) is 25.4 Å². The largest absolute Gasteiger partial charge is 0.497 e. The van der Waals surface area contributed by atoms with Crippen LogP contribution in [0.3, 0.4) is 0 Å². The van der Waals surface area contributed by atoms with Crippen molar-refractivity contribution in [3.8, 4) is 5.75 Å². The van der Waals surface area contributed by atoms with Crippen molar-refractivity contribution in [2.75, 3.05) is 27.0 Å². The van der Waals surface area contributed by atoms with Crippen molar-refractivity contribution in [3.05, 3.63) is 29.8 Å². The fourth-order valence-electron chi connectivity index (χ4n) is 2.76. The van der Waals surface area contributed by atoms with Gasteiger partial charge in [0.15, 0.2) is 0 Å². The summed E-state index contributed by atoms with van der Waals surface area (Å²) in [7, 11) is -0.0592. The van der Waals surface area contributed by atoms with Crippen LogP contribution in [0.1, 0.15) is 18.4 Å². The molecule has 1 amide bonds. The van der Waals surface area contributed by atoms with Crippen LogP contribution in [-0.4, -0.2) is 56.5 Å². The molecule has 1 aliphatic heterocycles. The fraction of sp³-hybridized carbons (Fsp3) is 0.533. The normalized spacial score (nSPS) is 19.1. The van der Waals surface area contributed by atoms with Gasteiger partial charge in [-0.1, -0.05) is 12.1 Å². The Bertz CT molecular complexity index is 645. The molecule has 1 aromatic carbocycles. The summed E-state index contributed by atoms with van der Waals surface area (Å²) in [5.74, 6) is 0.572. The zero-order chi connectivity index (χ0) is 16.3. The maximum absolute atomic E-state index is 12.5. The first-order valence-electron chi connectivity index (χ1n) is 7.17. The number of benzene rings is 1. The van der Waals surface area contributed by atoms with E-state index in [0.717, 1.165) is 24.0 Å². The number of carbonyl (C=O) groups excluding carboxylic acids is 1. The molecule has 2 rings (SSSR count). The van der Waals surface area contributed by atoms with E-state index in [9.17, 15) is 13.2 Å². The van der Waals surface area contributed by atoms with E-state index in [1.54, 1.807) is 19.1 Å². The molecule has 1 saturated heterocycles. The molecule has 1 fully saturated rings. The molecule has 0 bridgehead atoms. The van der Waals surface area contributed by atoms with E-state index in [2.05, 4.69) is 0 Å². The van der Waals surface area contributed by atoms with Gasteiger partial charge < -0.3 is 9.64 Å². The minimum absolute atomic E-state index is 0.161. The molecule has 22 heavy (non-hydrogen) atoms. The third-order valence-corrected chi connectivity index (χ3v) is 5.13. The van der Waals surface area contributed by atoms with E-state index < -0.39 is 16.1 Å². The lowest BCUT2D eigenvalue weighted by Gasteiger charge is -2.26. The van der Waals surface area contributed by atoms with Gasteiger partial charge in [-0.2, -0.15) is 4.31 Å². The number of hydrogen-bond donors (Lipinski definition) is 0. The van der Waals surface area contributed by atoms with Gasteiger partial charge in [0.2, 0.25) is 15.9 Å². The second kappa shape index (κ2) is 6.66. The van der Waals surface area contributed by atoms with E-state index in [4.69, 9.17) is 4.74 Å². The van der Waals surface area contributed by atoms with Crippen LogP contribution in [0.4, 0.5) is 0 Å². The van der Waals surface area contributed by atoms with Gasteiger partial charge in [0.05, 0.1) is 13.4 Å². The summed E-state index contributed by atoms with van der Waals surface area (Å²) in [5.41, 5.74) is 0.944. The van der Waals surface area contributed by atoms with Gasteiger partial charge >= 0.3 is 0 Å². The second-order valence-corrected chi connectivity index (χ2v) is 7.51. The molecular formula is C15H22N2O4S. The molecule has 1 aliphatic rings. The van der Waals surface area contributed by atoms with Crippen LogP contribution in [0, 0.1) is 0 Å². The minimum atomic E-state index is -3.35. The van der Waals surface area contributed by atoms with Crippen molar-refractivity contribution in [1.29, 1.82) is 0 Å². The zero-order valence-electron chi connectivity index (χ0n) is 13.2. The summed E-state index contributed by atoms with van der Waals surface area (Å²) in [6.45, 7) is 0.840. The van der Waals surface area contributed by atoms with Crippen molar-refractivity contribution >= 4 is 15.9 Å². The monoisotopic (exact) mass is 326 g/mol. The standard InChI is InChI=1S/C15H22N2O4S/c1-16(11-12-6-4-7-13(10-12)21-2)15(18)14-8-5-9-17(14)22(3,19)20/h4,6-7,10,14H,5,8-9,11H2,1-3H3/t14-/m0/s1. The van der Waals surface area contributed by atoms with E-state index in [1.807, 2.05) is 24.3 Å². The van der Waals surface area contributed by atoms with Crippen LogP contribution in [-0.2, 0) is 21.4 Å². The van der Waals surface area contributed by atoms with Crippen molar-refractivity contribution in [1.82, 2.24) is 9.21 Å². The highest BCUT2D eigenvalue weighted by Crippen LogP contribution is 2.23. The van der Waals surface area contributed by atoms with E-state index >= 15 is 0 Å². The van der Waals surface area contributed by atoms with Crippen molar-refractivity contribution in [3.63, 3.8) is 0 Å². The number of amides is 1. The Morgan fingerprint density at radius 1 is 1.45 bits per heavy atom. The molecule has 6 nitrogen and oxygen atoms in total. The predicted molar refractivity (Wildman–Crippen MR) is 84.0 cm³/mol. The number of hydrogen-bond acceptors (Lipinski definition) is 4. The fourth-order valence-corrected chi connectivity index (χ4v) is 3.88. The Morgan fingerprint density at radius 2 is 2.18 bits per heavy atom. The van der Waals surface area contributed by atoms with Gasteiger partial charge in [0.25, 0.3) is 0 Å². The molecule has 1 aromatic rings. The summed E-state index contributed by atoms with van der Waals surface area (Å²) >= 11 is 0. The Labute approximate surface area is 131 Å². The summed E-state index contributed by atoms with van der Waals surface area (Å²) in [5, 5.41) is 0. The molecule has 1 heterocycles. The molecule has 0 saturated carbocycles. The number of likely N-dealkylation sites (N-methyl/N-ethyl adjacent to an activating group) is 1. The number of methoxy groups -OCH3 is 1. The third kappa shape index (κ3) is 3.78. The van der Waals surface area contributed by atoms with E-state index in [1.165, 1.54) is 4.31 Å². The highest BCUT2D eigenvalue weighted by Gasteiger charge is 2.37. The third-order valence-electron chi connectivity index (χ3n) is 3.84. The van der Waals surface area contributed by atoms with E-state index in [-0.39, 0.29) is 5.91 Å². The number of sulfonamides is 1. The Balaban J connectivity index is 2.08. The van der Waals surface area contributed by atoms with Gasteiger partial charge in [-0.25, -0.2) is 8.42 Å². The van der Waals surface area contributed by atoms with Gasteiger partial charge in [0, 0.05) is 20.1 Å². The maximum atomic E-state index is 12.5. The highest BCUT2D eigenvalue weighted by molar-refractivity contribution is 7.88. The summed E-state index contributed by atoms with van der Waals surface area (Å²) in [4.78, 5) is 14.1. The van der Waals surface area contributed by atoms with Crippen LogP contribution >= 0.6 is 0 Å². The average Bonchev–Trinajstić information content (AvgIpc) is 2.96. The van der Waals surface area contributed by atoms with Crippen molar-refractivity contribution in [2.24, 2.45) is 0 Å². The van der Waals surface area contributed by atoms with Crippen LogP contribution in [0.2, 0.25) is 0 Å². The van der Waals surface area contributed by atoms with Gasteiger partial charge in [-0.15, -0.1) is 0 Å². The molecular weight excluding hydrogens is 304 g/mol. The molecule has 1 atom stereocenters. The van der Waals surface area contributed by atoms with Gasteiger partial charge in [-0.05, 0) is 30.5 Å². The highest BCUT2D eigenvalue weighted by atomic mass is 32.2. The van der Waals surface area contributed by atoms with E-state index in [0.29, 0.717) is 19.5 Å². The van der Waals surface area contributed by atoms with Crippen LogP contribution in [0.25, 0.3) is 0 Å². The molecule has 0 aromatic heterocycles. The van der Waals surface area contributed by atoms with Crippen molar-refractivity contribution < 1.29 is 17.9 Å².